The summed E-state index contributed by atoms with van der Waals surface area (Å²) in [4.78, 5) is 15.3. The number of amides is 1. The van der Waals surface area contributed by atoms with Gasteiger partial charge in [0.25, 0.3) is 5.91 Å². The largest absolute Gasteiger partial charge is 0.497 e. The van der Waals surface area contributed by atoms with Gasteiger partial charge in [-0.2, -0.15) is 0 Å². The number of anilines is 1. The molecule has 27 heavy (non-hydrogen) atoms. The van der Waals surface area contributed by atoms with Crippen molar-refractivity contribution in [3.63, 3.8) is 0 Å². The molecule has 1 heterocycles. The van der Waals surface area contributed by atoms with Crippen LogP contribution in [0.15, 0.2) is 54.6 Å². The summed E-state index contributed by atoms with van der Waals surface area (Å²) in [6.07, 6.45) is 1.88. The van der Waals surface area contributed by atoms with E-state index < -0.39 is 0 Å². The van der Waals surface area contributed by atoms with E-state index in [4.69, 9.17) is 9.47 Å². The molecule has 0 atom stereocenters. The predicted octanol–water partition coefficient (Wildman–Crippen LogP) is 4.84. The first-order chi connectivity index (χ1) is 13.2. The second-order valence-electron chi connectivity index (χ2n) is 6.68. The summed E-state index contributed by atoms with van der Waals surface area (Å²) in [5.74, 6) is 1.45. The molecule has 3 aromatic rings. The average molecular weight is 361 g/mol. The van der Waals surface area contributed by atoms with Crippen LogP contribution in [0.4, 0.5) is 5.69 Å². The Morgan fingerprint density at radius 2 is 1.85 bits per heavy atom. The second kappa shape index (κ2) is 7.31. The van der Waals surface area contributed by atoms with Gasteiger partial charge in [-0.05, 0) is 66.4 Å². The third-order valence-electron chi connectivity index (χ3n) is 5.03. The highest BCUT2D eigenvalue weighted by Gasteiger charge is 2.26. The Hall–Kier alpha value is -3.01. The highest BCUT2D eigenvalue weighted by molar-refractivity contribution is 6.10. The fourth-order valence-electron chi connectivity index (χ4n) is 3.72. The van der Waals surface area contributed by atoms with Gasteiger partial charge in [0.05, 0.1) is 19.3 Å². The zero-order valence-corrected chi connectivity index (χ0v) is 15.7. The Kier molecular flexibility index (Phi) is 4.71. The SMILES string of the molecule is CCOc1cc2ccccc2cc1C(=O)N1CCCc2cc(OC)ccc21. The average Bonchev–Trinajstić information content (AvgIpc) is 2.72. The van der Waals surface area contributed by atoms with Gasteiger partial charge in [-0.25, -0.2) is 0 Å². The zero-order valence-electron chi connectivity index (χ0n) is 15.7. The molecule has 0 radical (unpaired) electrons. The van der Waals surface area contributed by atoms with Gasteiger partial charge in [0, 0.05) is 12.2 Å². The maximum Gasteiger partial charge on any atom is 0.262 e. The highest BCUT2D eigenvalue weighted by Crippen LogP contribution is 2.34. The van der Waals surface area contributed by atoms with Crippen molar-refractivity contribution in [3.05, 3.63) is 65.7 Å². The molecule has 3 aromatic carbocycles. The molecule has 1 amide bonds. The molecule has 1 aliphatic heterocycles. The molecule has 0 saturated heterocycles. The summed E-state index contributed by atoms with van der Waals surface area (Å²) in [5.41, 5.74) is 2.72. The molecular formula is C23H23NO3. The number of nitrogens with zero attached hydrogens (tertiary/aromatic N) is 1. The van der Waals surface area contributed by atoms with E-state index in [2.05, 4.69) is 0 Å². The number of hydrogen-bond acceptors (Lipinski definition) is 3. The van der Waals surface area contributed by atoms with E-state index in [1.807, 2.05) is 66.4 Å². The van der Waals surface area contributed by atoms with Crippen LogP contribution in [0.1, 0.15) is 29.3 Å². The Morgan fingerprint density at radius 1 is 1.07 bits per heavy atom. The van der Waals surface area contributed by atoms with E-state index in [0.717, 1.165) is 40.6 Å². The van der Waals surface area contributed by atoms with Gasteiger partial charge in [-0.15, -0.1) is 0 Å². The minimum absolute atomic E-state index is 0.0182. The lowest BCUT2D eigenvalue weighted by Gasteiger charge is -2.30. The number of methoxy groups -OCH3 is 1. The van der Waals surface area contributed by atoms with Crippen molar-refractivity contribution in [1.82, 2.24) is 0 Å². The summed E-state index contributed by atoms with van der Waals surface area (Å²) < 4.78 is 11.2. The summed E-state index contributed by atoms with van der Waals surface area (Å²) in [7, 11) is 1.66. The Bertz CT molecular complexity index is 996. The quantitative estimate of drug-likeness (QED) is 0.667. The first kappa shape index (κ1) is 17.4. The molecule has 0 aromatic heterocycles. The fourth-order valence-corrected chi connectivity index (χ4v) is 3.72. The molecule has 0 fully saturated rings. The lowest BCUT2D eigenvalue weighted by atomic mass is 9.99. The lowest BCUT2D eigenvalue weighted by molar-refractivity contribution is 0.0981. The van der Waals surface area contributed by atoms with Crippen LogP contribution < -0.4 is 14.4 Å². The van der Waals surface area contributed by atoms with E-state index in [-0.39, 0.29) is 5.91 Å². The second-order valence-corrected chi connectivity index (χ2v) is 6.68. The minimum Gasteiger partial charge on any atom is -0.497 e. The maximum atomic E-state index is 13.5. The summed E-state index contributed by atoms with van der Waals surface area (Å²) in [6.45, 7) is 3.16. The van der Waals surface area contributed by atoms with Gasteiger partial charge in [0.2, 0.25) is 0 Å². The molecule has 4 rings (SSSR count). The molecule has 4 nitrogen and oxygen atoms in total. The number of carbonyl (C=O) groups is 1. The van der Waals surface area contributed by atoms with Crippen molar-refractivity contribution < 1.29 is 14.3 Å². The summed E-state index contributed by atoms with van der Waals surface area (Å²) in [5, 5.41) is 2.11. The first-order valence-electron chi connectivity index (χ1n) is 9.35. The molecule has 138 valence electrons. The number of rotatable bonds is 4. The van der Waals surface area contributed by atoms with Crippen LogP contribution in [0.2, 0.25) is 0 Å². The molecule has 1 aliphatic rings. The Balaban J connectivity index is 1.78. The van der Waals surface area contributed by atoms with Gasteiger partial charge >= 0.3 is 0 Å². The normalized spacial score (nSPS) is 13.3. The molecule has 0 spiro atoms. The maximum absolute atomic E-state index is 13.5. The van der Waals surface area contributed by atoms with E-state index in [0.29, 0.717) is 24.5 Å². The van der Waals surface area contributed by atoms with Crippen LogP contribution in [0, 0.1) is 0 Å². The van der Waals surface area contributed by atoms with E-state index >= 15 is 0 Å². The van der Waals surface area contributed by atoms with Crippen LogP contribution in [-0.2, 0) is 6.42 Å². The van der Waals surface area contributed by atoms with Crippen molar-refractivity contribution in [1.29, 1.82) is 0 Å². The molecule has 0 unspecified atom stereocenters. The van der Waals surface area contributed by atoms with Gasteiger partial charge in [0.1, 0.15) is 11.5 Å². The highest BCUT2D eigenvalue weighted by atomic mass is 16.5. The van der Waals surface area contributed by atoms with Crippen molar-refractivity contribution >= 4 is 22.4 Å². The van der Waals surface area contributed by atoms with Crippen LogP contribution >= 0.6 is 0 Å². The van der Waals surface area contributed by atoms with Gasteiger partial charge in [-0.3, -0.25) is 4.79 Å². The lowest BCUT2D eigenvalue weighted by Crippen LogP contribution is -2.35. The Labute approximate surface area is 159 Å². The molecule has 0 bridgehead atoms. The first-order valence-corrected chi connectivity index (χ1v) is 9.35. The molecule has 0 N–H and O–H groups in total. The number of hydrogen-bond donors (Lipinski definition) is 0. The zero-order chi connectivity index (χ0) is 18.8. The van der Waals surface area contributed by atoms with E-state index in [9.17, 15) is 4.79 Å². The third kappa shape index (κ3) is 3.23. The van der Waals surface area contributed by atoms with Gasteiger partial charge in [-0.1, -0.05) is 24.3 Å². The van der Waals surface area contributed by atoms with Gasteiger partial charge < -0.3 is 14.4 Å². The number of carbonyl (C=O) groups excluding carboxylic acids is 1. The van der Waals surface area contributed by atoms with Gasteiger partial charge in [0.15, 0.2) is 0 Å². The van der Waals surface area contributed by atoms with Crippen LogP contribution in [-0.4, -0.2) is 26.2 Å². The molecule has 4 heteroatoms. The number of aryl methyl sites for hydroxylation is 1. The molecule has 0 saturated carbocycles. The molecular weight excluding hydrogens is 338 g/mol. The van der Waals surface area contributed by atoms with E-state index in [1.54, 1.807) is 7.11 Å². The van der Waals surface area contributed by atoms with E-state index in [1.165, 1.54) is 0 Å². The standard InChI is InChI=1S/C23H23NO3/c1-3-27-22-15-17-8-5-4-7-16(17)14-20(22)23(25)24-12-6-9-18-13-19(26-2)10-11-21(18)24/h4-5,7-8,10-11,13-15H,3,6,9,12H2,1-2H3. The summed E-state index contributed by atoms with van der Waals surface area (Å²) in [6, 6.07) is 17.9. The number of fused-ring (bicyclic) bond motifs is 2. The van der Waals surface area contributed by atoms with Crippen LogP contribution in [0.25, 0.3) is 10.8 Å². The summed E-state index contributed by atoms with van der Waals surface area (Å²) >= 11 is 0. The van der Waals surface area contributed by atoms with Crippen molar-refractivity contribution in [3.8, 4) is 11.5 Å². The minimum atomic E-state index is -0.0182. The smallest absolute Gasteiger partial charge is 0.262 e. The Morgan fingerprint density at radius 3 is 2.59 bits per heavy atom. The number of ether oxygens (including phenoxy) is 2. The fraction of sp³-hybridized carbons (Fsp3) is 0.261. The third-order valence-corrected chi connectivity index (χ3v) is 5.03. The van der Waals surface area contributed by atoms with Crippen molar-refractivity contribution in [2.45, 2.75) is 19.8 Å². The molecule has 0 aliphatic carbocycles. The van der Waals surface area contributed by atoms with Crippen LogP contribution in [0.5, 0.6) is 11.5 Å². The van der Waals surface area contributed by atoms with Crippen molar-refractivity contribution in [2.75, 3.05) is 25.2 Å². The number of benzene rings is 3. The monoisotopic (exact) mass is 361 g/mol. The topological polar surface area (TPSA) is 38.8 Å². The predicted molar refractivity (Wildman–Crippen MR) is 108 cm³/mol. The van der Waals surface area contributed by atoms with Crippen LogP contribution in [0.3, 0.4) is 0 Å². The van der Waals surface area contributed by atoms with Crippen molar-refractivity contribution in [2.24, 2.45) is 0 Å².